The Morgan fingerprint density at radius 3 is 2.64 bits per heavy atom. The van der Waals surface area contributed by atoms with Gasteiger partial charge in [0.05, 0.1) is 11.1 Å². The smallest absolute Gasteiger partial charge is 0.141 e. The first-order valence-corrected chi connectivity index (χ1v) is 4.32. The Hall–Kier alpha value is -2.07. The molecule has 0 aliphatic carbocycles. The fraction of sp³-hybridized carbons (Fsp3) is 0.300. The first-order valence-electron chi connectivity index (χ1n) is 4.32. The van der Waals surface area contributed by atoms with Crippen LogP contribution in [0.3, 0.4) is 0 Å². The number of nitrogen functional groups attached to an aromatic ring is 1. The molecule has 0 amide bonds. The van der Waals surface area contributed by atoms with Crippen LogP contribution in [0.5, 0.6) is 0 Å². The molecule has 0 atom stereocenters. The molecule has 1 rings (SSSR count). The lowest BCUT2D eigenvalue weighted by Gasteiger charge is -2.05. The topological polar surface area (TPSA) is 86.5 Å². The van der Waals surface area contributed by atoms with Crippen LogP contribution in [-0.4, -0.2) is 4.98 Å². The van der Waals surface area contributed by atoms with Crippen molar-refractivity contribution >= 4 is 5.82 Å². The highest BCUT2D eigenvalue weighted by molar-refractivity contribution is 5.57. The third-order valence-electron chi connectivity index (χ3n) is 1.95. The summed E-state index contributed by atoms with van der Waals surface area (Å²) < 4.78 is 0. The Morgan fingerprint density at radius 2 is 2.14 bits per heavy atom. The fourth-order valence-electron chi connectivity index (χ4n) is 1.30. The van der Waals surface area contributed by atoms with Crippen LogP contribution in [0.1, 0.15) is 30.0 Å². The summed E-state index contributed by atoms with van der Waals surface area (Å²) in [7, 11) is 0. The Kier molecular flexibility index (Phi) is 3.04. The van der Waals surface area contributed by atoms with E-state index in [1.807, 2.05) is 19.1 Å². The van der Waals surface area contributed by atoms with Gasteiger partial charge in [0.2, 0.25) is 0 Å². The van der Waals surface area contributed by atoms with E-state index in [4.69, 9.17) is 16.3 Å². The highest BCUT2D eigenvalue weighted by Crippen LogP contribution is 2.19. The van der Waals surface area contributed by atoms with Crippen LogP contribution in [0, 0.1) is 22.7 Å². The van der Waals surface area contributed by atoms with Crippen molar-refractivity contribution < 1.29 is 0 Å². The Morgan fingerprint density at radius 1 is 1.43 bits per heavy atom. The maximum absolute atomic E-state index is 8.87. The average Bonchev–Trinajstić information content (AvgIpc) is 2.19. The molecule has 0 bridgehead atoms. The van der Waals surface area contributed by atoms with Crippen molar-refractivity contribution in [3.05, 3.63) is 22.9 Å². The van der Waals surface area contributed by atoms with E-state index in [1.165, 1.54) is 6.20 Å². The number of hydrogen-bond acceptors (Lipinski definition) is 4. The standard InChI is InChI=1S/C10H10N4/c1-2-3-8-7(4-11)6-14-10(13)9(8)5-12/h6H,2-3H2,1H3,(H2,13,14). The molecule has 0 saturated carbocycles. The van der Waals surface area contributed by atoms with Gasteiger partial charge in [-0.25, -0.2) is 4.98 Å². The molecule has 0 aliphatic rings. The molecule has 14 heavy (non-hydrogen) atoms. The van der Waals surface area contributed by atoms with Gasteiger partial charge in [0.15, 0.2) is 0 Å². The summed E-state index contributed by atoms with van der Waals surface area (Å²) in [6.07, 6.45) is 2.96. The lowest BCUT2D eigenvalue weighted by atomic mass is 10.0. The van der Waals surface area contributed by atoms with Crippen molar-refractivity contribution in [2.45, 2.75) is 19.8 Å². The Balaban J connectivity index is 3.39. The summed E-state index contributed by atoms with van der Waals surface area (Å²) in [5, 5.41) is 17.7. The van der Waals surface area contributed by atoms with Crippen molar-refractivity contribution in [1.82, 2.24) is 4.98 Å². The molecular weight excluding hydrogens is 176 g/mol. The maximum Gasteiger partial charge on any atom is 0.141 e. The lowest BCUT2D eigenvalue weighted by molar-refractivity contribution is 0.911. The van der Waals surface area contributed by atoms with Gasteiger partial charge < -0.3 is 5.73 Å². The molecule has 0 radical (unpaired) electrons. The van der Waals surface area contributed by atoms with Crippen LogP contribution in [0.4, 0.5) is 5.82 Å². The second kappa shape index (κ2) is 4.25. The summed E-state index contributed by atoms with van der Waals surface area (Å²) in [6, 6.07) is 4.00. The van der Waals surface area contributed by atoms with Crippen LogP contribution >= 0.6 is 0 Å². The molecule has 0 fully saturated rings. The summed E-state index contributed by atoms with van der Waals surface area (Å²) >= 11 is 0. The zero-order valence-electron chi connectivity index (χ0n) is 7.91. The van der Waals surface area contributed by atoms with E-state index >= 15 is 0 Å². The van der Waals surface area contributed by atoms with E-state index in [2.05, 4.69) is 4.98 Å². The van der Waals surface area contributed by atoms with Crippen molar-refractivity contribution in [3.63, 3.8) is 0 Å². The van der Waals surface area contributed by atoms with Crippen LogP contribution in [0.15, 0.2) is 6.20 Å². The summed E-state index contributed by atoms with van der Waals surface area (Å²) in [4.78, 5) is 3.80. The maximum atomic E-state index is 8.87. The minimum atomic E-state index is 0.204. The van der Waals surface area contributed by atoms with Gasteiger partial charge >= 0.3 is 0 Å². The second-order valence-electron chi connectivity index (χ2n) is 2.88. The number of hydrogen-bond donors (Lipinski definition) is 1. The van der Waals surface area contributed by atoms with Gasteiger partial charge in [-0.2, -0.15) is 10.5 Å². The van der Waals surface area contributed by atoms with E-state index in [1.54, 1.807) is 0 Å². The van der Waals surface area contributed by atoms with Gasteiger partial charge in [-0.1, -0.05) is 13.3 Å². The molecule has 4 heteroatoms. The fourth-order valence-corrected chi connectivity index (χ4v) is 1.30. The zero-order valence-corrected chi connectivity index (χ0v) is 7.91. The molecule has 0 spiro atoms. The van der Waals surface area contributed by atoms with Crippen molar-refractivity contribution in [1.29, 1.82) is 10.5 Å². The number of aromatic nitrogens is 1. The number of nitrogens with two attached hydrogens (primary N) is 1. The molecule has 0 unspecified atom stereocenters. The molecule has 0 aromatic carbocycles. The molecule has 2 N–H and O–H groups in total. The number of nitriles is 2. The third-order valence-corrected chi connectivity index (χ3v) is 1.95. The minimum Gasteiger partial charge on any atom is -0.383 e. The molecule has 1 aromatic rings. The number of nitrogens with zero attached hydrogens (tertiary/aromatic N) is 3. The van der Waals surface area contributed by atoms with Crippen molar-refractivity contribution in [2.75, 3.05) is 5.73 Å². The normalized spacial score (nSPS) is 9.07. The van der Waals surface area contributed by atoms with Crippen LogP contribution in [0.25, 0.3) is 0 Å². The molecular formula is C10H10N4. The van der Waals surface area contributed by atoms with E-state index in [0.717, 1.165) is 6.42 Å². The van der Waals surface area contributed by atoms with E-state index < -0.39 is 0 Å². The molecule has 0 saturated heterocycles. The van der Waals surface area contributed by atoms with Crippen LogP contribution in [-0.2, 0) is 6.42 Å². The number of pyridine rings is 1. The second-order valence-corrected chi connectivity index (χ2v) is 2.88. The highest BCUT2D eigenvalue weighted by atomic mass is 14.8. The Labute approximate surface area is 82.6 Å². The molecule has 1 aromatic heterocycles. The summed E-state index contributed by atoms with van der Waals surface area (Å²) in [5.41, 5.74) is 7.04. The number of rotatable bonds is 2. The van der Waals surface area contributed by atoms with Crippen molar-refractivity contribution in [3.8, 4) is 12.1 Å². The minimum absolute atomic E-state index is 0.204. The first-order chi connectivity index (χ1) is 6.74. The van der Waals surface area contributed by atoms with Gasteiger partial charge in [0.25, 0.3) is 0 Å². The monoisotopic (exact) mass is 186 g/mol. The highest BCUT2D eigenvalue weighted by Gasteiger charge is 2.11. The quantitative estimate of drug-likeness (QED) is 0.755. The SMILES string of the molecule is CCCc1c(C#N)cnc(N)c1C#N. The molecule has 1 heterocycles. The molecule has 4 nitrogen and oxygen atoms in total. The zero-order chi connectivity index (χ0) is 10.6. The average molecular weight is 186 g/mol. The van der Waals surface area contributed by atoms with Crippen LogP contribution < -0.4 is 5.73 Å². The third kappa shape index (κ3) is 1.65. The van der Waals surface area contributed by atoms with Crippen LogP contribution in [0.2, 0.25) is 0 Å². The van der Waals surface area contributed by atoms with Gasteiger partial charge in [0, 0.05) is 6.20 Å². The lowest BCUT2D eigenvalue weighted by Crippen LogP contribution is -2.02. The first kappa shape index (κ1) is 10.0. The number of anilines is 1. The van der Waals surface area contributed by atoms with Gasteiger partial charge in [-0.15, -0.1) is 0 Å². The largest absolute Gasteiger partial charge is 0.383 e. The summed E-state index contributed by atoms with van der Waals surface area (Å²) in [6.45, 7) is 1.99. The molecule has 70 valence electrons. The van der Waals surface area contributed by atoms with E-state index in [9.17, 15) is 0 Å². The predicted octanol–water partition coefficient (Wildman–Crippen LogP) is 1.36. The van der Waals surface area contributed by atoms with Gasteiger partial charge in [-0.05, 0) is 12.0 Å². The van der Waals surface area contributed by atoms with E-state index in [-0.39, 0.29) is 5.82 Å². The van der Waals surface area contributed by atoms with Gasteiger partial charge in [0.1, 0.15) is 18.0 Å². The summed E-state index contributed by atoms with van der Waals surface area (Å²) in [5.74, 6) is 0.204. The Bertz CT molecular complexity index is 423. The predicted molar refractivity (Wildman–Crippen MR) is 52.1 cm³/mol. The molecule has 0 aliphatic heterocycles. The van der Waals surface area contributed by atoms with E-state index in [0.29, 0.717) is 23.1 Å². The van der Waals surface area contributed by atoms with Gasteiger partial charge in [-0.3, -0.25) is 0 Å². The van der Waals surface area contributed by atoms with Crippen molar-refractivity contribution in [2.24, 2.45) is 0 Å².